The molecule has 5 nitrogen and oxygen atoms in total. The van der Waals surface area contributed by atoms with Crippen LogP contribution in [0, 0.1) is 0 Å². The van der Waals surface area contributed by atoms with Gasteiger partial charge in [0.25, 0.3) is 0 Å². The van der Waals surface area contributed by atoms with E-state index in [0.717, 1.165) is 12.1 Å². The lowest BCUT2D eigenvalue weighted by molar-refractivity contribution is -0.923. The number of methoxy groups -OCH3 is 1. The molecule has 0 amide bonds. The van der Waals surface area contributed by atoms with Crippen LogP contribution in [0.4, 0.5) is 5.69 Å². The summed E-state index contributed by atoms with van der Waals surface area (Å²) in [5, 5.41) is 18.2. The van der Waals surface area contributed by atoms with Crippen molar-refractivity contribution in [2.45, 2.75) is 6.54 Å². The summed E-state index contributed by atoms with van der Waals surface area (Å²) >= 11 is 0. The molecule has 1 aromatic rings. The molecular formula is C13H23N2O3+. The molecule has 0 aliphatic heterocycles. The Morgan fingerprint density at radius 3 is 2.28 bits per heavy atom. The highest BCUT2D eigenvalue weighted by molar-refractivity contribution is 5.54. The SMILES string of the molecule is COc1ccc(C[N+](C)(CCO)CCO)cc1N. The fraction of sp³-hybridized carbons (Fsp3) is 0.538. The third-order valence-corrected chi connectivity index (χ3v) is 3.14. The number of nitrogens with two attached hydrogens (primary N) is 1. The number of rotatable bonds is 7. The molecule has 0 unspecified atom stereocenters. The standard InChI is InChI=1S/C13H23N2O3/c1-15(5-7-16,6-8-17)10-11-3-4-13(18-2)12(14)9-11/h3-4,9,16-17H,5-8,10,14H2,1-2H3/q+1. The molecule has 18 heavy (non-hydrogen) atoms. The monoisotopic (exact) mass is 255 g/mol. The number of aliphatic hydroxyl groups excluding tert-OH is 2. The highest BCUT2D eigenvalue weighted by Crippen LogP contribution is 2.23. The van der Waals surface area contributed by atoms with Gasteiger partial charge in [-0.15, -0.1) is 0 Å². The van der Waals surface area contributed by atoms with E-state index in [1.807, 2.05) is 25.2 Å². The van der Waals surface area contributed by atoms with Crippen molar-refractivity contribution in [1.82, 2.24) is 0 Å². The van der Waals surface area contributed by atoms with Crippen LogP contribution < -0.4 is 10.5 Å². The van der Waals surface area contributed by atoms with Crippen LogP contribution in [0.15, 0.2) is 18.2 Å². The van der Waals surface area contributed by atoms with Crippen molar-refractivity contribution >= 4 is 5.69 Å². The van der Waals surface area contributed by atoms with E-state index < -0.39 is 0 Å². The van der Waals surface area contributed by atoms with Gasteiger partial charge in [-0.2, -0.15) is 0 Å². The van der Waals surface area contributed by atoms with Gasteiger partial charge in [0.1, 0.15) is 25.4 Å². The molecule has 0 heterocycles. The second kappa shape index (κ2) is 6.58. The maximum absolute atomic E-state index is 9.10. The number of quaternary nitrogens is 1. The lowest BCUT2D eigenvalue weighted by Gasteiger charge is -2.33. The molecule has 0 aliphatic carbocycles. The summed E-state index contributed by atoms with van der Waals surface area (Å²) in [6.45, 7) is 2.12. The predicted octanol–water partition coefficient (Wildman–Crippen LogP) is 0.209. The third-order valence-electron chi connectivity index (χ3n) is 3.14. The molecule has 0 aromatic heterocycles. The summed E-state index contributed by atoms with van der Waals surface area (Å²) < 4.78 is 5.70. The third kappa shape index (κ3) is 3.87. The van der Waals surface area contributed by atoms with Crippen LogP contribution in [-0.4, -0.2) is 55.2 Å². The number of anilines is 1. The highest BCUT2D eigenvalue weighted by atomic mass is 16.5. The Balaban J connectivity index is 2.83. The van der Waals surface area contributed by atoms with Gasteiger partial charge in [-0.25, -0.2) is 0 Å². The van der Waals surface area contributed by atoms with Crippen LogP contribution in [0.3, 0.4) is 0 Å². The number of nitrogen functional groups attached to an aromatic ring is 1. The molecule has 1 aromatic carbocycles. The van der Waals surface area contributed by atoms with E-state index >= 15 is 0 Å². The van der Waals surface area contributed by atoms with Gasteiger partial charge in [0, 0.05) is 5.56 Å². The molecule has 0 saturated carbocycles. The average molecular weight is 255 g/mol. The van der Waals surface area contributed by atoms with Crippen molar-refractivity contribution in [3.05, 3.63) is 23.8 Å². The fourth-order valence-corrected chi connectivity index (χ4v) is 2.08. The first kappa shape index (κ1) is 14.8. The molecular weight excluding hydrogens is 232 g/mol. The number of likely N-dealkylation sites (N-methyl/N-ethyl adjacent to an activating group) is 1. The van der Waals surface area contributed by atoms with Gasteiger partial charge in [0.05, 0.1) is 33.1 Å². The normalized spacial score (nSPS) is 11.6. The Kier molecular flexibility index (Phi) is 5.40. The van der Waals surface area contributed by atoms with Crippen LogP contribution in [-0.2, 0) is 6.54 Å². The van der Waals surface area contributed by atoms with Crippen LogP contribution in [0.5, 0.6) is 5.75 Å². The molecule has 0 radical (unpaired) electrons. The Hall–Kier alpha value is -1.30. The van der Waals surface area contributed by atoms with Gasteiger partial charge in [-0.3, -0.25) is 0 Å². The molecule has 0 atom stereocenters. The first-order valence-corrected chi connectivity index (χ1v) is 6.02. The zero-order valence-corrected chi connectivity index (χ0v) is 11.1. The molecule has 0 fully saturated rings. The van der Waals surface area contributed by atoms with E-state index in [0.29, 0.717) is 29.0 Å². The summed E-state index contributed by atoms with van der Waals surface area (Å²) in [7, 11) is 3.59. The number of aliphatic hydroxyl groups is 2. The van der Waals surface area contributed by atoms with Crippen LogP contribution in [0.2, 0.25) is 0 Å². The van der Waals surface area contributed by atoms with E-state index in [1.54, 1.807) is 7.11 Å². The zero-order chi connectivity index (χ0) is 13.6. The van der Waals surface area contributed by atoms with Crippen molar-refractivity contribution in [3.8, 4) is 5.75 Å². The summed E-state index contributed by atoms with van der Waals surface area (Å²) in [5.41, 5.74) is 7.54. The quantitative estimate of drug-likeness (QED) is 0.481. The highest BCUT2D eigenvalue weighted by Gasteiger charge is 2.21. The maximum Gasteiger partial charge on any atom is 0.141 e. The van der Waals surface area contributed by atoms with E-state index in [9.17, 15) is 0 Å². The lowest BCUT2D eigenvalue weighted by Crippen LogP contribution is -2.47. The maximum atomic E-state index is 9.10. The molecule has 4 N–H and O–H groups in total. The van der Waals surface area contributed by atoms with E-state index in [2.05, 4.69) is 0 Å². The Bertz CT molecular complexity index is 376. The van der Waals surface area contributed by atoms with Gasteiger partial charge in [0.15, 0.2) is 0 Å². The minimum absolute atomic E-state index is 0.0993. The average Bonchev–Trinajstić information content (AvgIpc) is 2.29. The Morgan fingerprint density at radius 2 is 1.83 bits per heavy atom. The van der Waals surface area contributed by atoms with Gasteiger partial charge in [0.2, 0.25) is 0 Å². The van der Waals surface area contributed by atoms with Crippen molar-refractivity contribution in [1.29, 1.82) is 0 Å². The number of hydrogen-bond acceptors (Lipinski definition) is 4. The zero-order valence-electron chi connectivity index (χ0n) is 11.1. The molecule has 0 saturated heterocycles. The van der Waals surface area contributed by atoms with E-state index in [1.165, 1.54) is 0 Å². The van der Waals surface area contributed by atoms with Gasteiger partial charge >= 0.3 is 0 Å². The van der Waals surface area contributed by atoms with E-state index in [4.69, 9.17) is 20.7 Å². The van der Waals surface area contributed by atoms with E-state index in [-0.39, 0.29) is 13.2 Å². The molecule has 0 aliphatic rings. The van der Waals surface area contributed by atoms with Crippen molar-refractivity contribution < 1.29 is 19.4 Å². The molecule has 0 bridgehead atoms. The fourth-order valence-electron chi connectivity index (χ4n) is 2.08. The smallest absolute Gasteiger partial charge is 0.141 e. The number of ether oxygens (including phenoxy) is 1. The molecule has 102 valence electrons. The second-order valence-electron chi connectivity index (χ2n) is 4.75. The molecule has 1 rings (SSSR count). The van der Waals surface area contributed by atoms with Gasteiger partial charge < -0.3 is 25.2 Å². The largest absolute Gasteiger partial charge is 0.495 e. The summed E-state index contributed by atoms with van der Waals surface area (Å²) in [5.74, 6) is 0.664. The molecule has 0 spiro atoms. The second-order valence-corrected chi connectivity index (χ2v) is 4.75. The predicted molar refractivity (Wildman–Crippen MR) is 71.2 cm³/mol. The first-order chi connectivity index (χ1) is 8.54. The number of benzene rings is 1. The van der Waals surface area contributed by atoms with Crippen LogP contribution >= 0.6 is 0 Å². The minimum Gasteiger partial charge on any atom is -0.495 e. The van der Waals surface area contributed by atoms with Gasteiger partial charge in [-0.1, -0.05) is 0 Å². The summed E-state index contributed by atoms with van der Waals surface area (Å²) in [4.78, 5) is 0. The van der Waals surface area contributed by atoms with Crippen LogP contribution in [0.1, 0.15) is 5.56 Å². The van der Waals surface area contributed by atoms with Crippen molar-refractivity contribution in [2.24, 2.45) is 0 Å². The summed E-state index contributed by atoms with van der Waals surface area (Å²) in [6.07, 6.45) is 0. The van der Waals surface area contributed by atoms with Crippen LogP contribution in [0.25, 0.3) is 0 Å². The topological polar surface area (TPSA) is 75.7 Å². The minimum atomic E-state index is 0.0993. The lowest BCUT2D eigenvalue weighted by atomic mass is 10.1. The molecule has 5 heteroatoms. The van der Waals surface area contributed by atoms with Crippen molar-refractivity contribution in [2.75, 3.05) is 46.2 Å². The number of nitrogens with zero attached hydrogens (tertiary/aromatic N) is 1. The van der Waals surface area contributed by atoms with Crippen molar-refractivity contribution in [3.63, 3.8) is 0 Å². The Labute approximate surface area is 108 Å². The van der Waals surface area contributed by atoms with Gasteiger partial charge in [-0.05, 0) is 18.2 Å². The Morgan fingerprint density at radius 1 is 1.22 bits per heavy atom. The summed E-state index contributed by atoms with van der Waals surface area (Å²) in [6, 6.07) is 5.68. The first-order valence-electron chi connectivity index (χ1n) is 6.02. The number of hydrogen-bond donors (Lipinski definition) is 3.